The second-order valence-electron chi connectivity index (χ2n) is 5.17. The normalized spacial score (nSPS) is 22.9. The van der Waals surface area contributed by atoms with Crippen LogP contribution in [0.25, 0.3) is 0 Å². The molecule has 1 heterocycles. The third-order valence-corrected chi connectivity index (χ3v) is 3.69. The molecule has 0 spiro atoms. The highest BCUT2D eigenvalue weighted by Crippen LogP contribution is 2.22. The van der Waals surface area contributed by atoms with Crippen molar-refractivity contribution >= 4 is 11.8 Å². The fourth-order valence-corrected chi connectivity index (χ4v) is 2.59. The molecule has 0 amide bonds. The third kappa shape index (κ3) is 3.70. The summed E-state index contributed by atoms with van der Waals surface area (Å²) in [7, 11) is 0. The molecule has 110 valence electrons. The zero-order valence-corrected chi connectivity index (χ0v) is 12.0. The Kier molecular flexibility index (Phi) is 5.35. The van der Waals surface area contributed by atoms with Crippen molar-refractivity contribution in [2.45, 2.75) is 51.1 Å². The molecule has 1 aromatic heterocycles. The van der Waals surface area contributed by atoms with Gasteiger partial charge in [-0.15, -0.1) is 0 Å². The Morgan fingerprint density at radius 1 is 1.45 bits per heavy atom. The number of esters is 1. The number of aromatic nitrogens is 1. The summed E-state index contributed by atoms with van der Waals surface area (Å²) >= 11 is 0. The van der Waals surface area contributed by atoms with Gasteiger partial charge >= 0.3 is 5.97 Å². The maximum Gasteiger partial charge on any atom is 0.341 e. The van der Waals surface area contributed by atoms with Crippen molar-refractivity contribution in [1.29, 1.82) is 0 Å². The molecule has 0 bridgehead atoms. The van der Waals surface area contributed by atoms with E-state index in [9.17, 15) is 4.79 Å². The fourth-order valence-electron chi connectivity index (χ4n) is 2.59. The Morgan fingerprint density at radius 3 is 3.05 bits per heavy atom. The molecule has 1 aliphatic carbocycles. The maximum atomic E-state index is 11.9. The maximum absolute atomic E-state index is 11.9. The predicted octanol–water partition coefficient (Wildman–Crippen LogP) is 2.33. The SMILES string of the molecule is CCOC(=O)c1cccnc1NC1CCCCCC1N. The summed E-state index contributed by atoms with van der Waals surface area (Å²) < 4.78 is 5.06. The lowest BCUT2D eigenvalue weighted by Crippen LogP contribution is -2.39. The number of hydrogen-bond acceptors (Lipinski definition) is 5. The highest BCUT2D eigenvalue weighted by Gasteiger charge is 2.23. The molecule has 20 heavy (non-hydrogen) atoms. The lowest BCUT2D eigenvalue weighted by Gasteiger charge is -2.24. The van der Waals surface area contributed by atoms with Crippen LogP contribution in [0.3, 0.4) is 0 Å². The van der Waals surface area contributed by atoms with Crippen molar-refractivity contribution in [3.05, 3.63) is 23.9 Å². The average molecular weight is 277 g/mol. The summed E-state index contributed by atoms with van der Waals surface area (Å²) in [4.78, 5) is 16.2. The van der Waals surface area contributed by atoms with Gasteiger partial charge in [0.2, 0.25) is 0 Å². The molecule has 0 radical (unpaired) electrons. The molecule has 0 aromatic carbocycles. The van der Waals surface area contributed by atoms with Gasteiger partial charge in [-0.25, -0.2) is 9.78 Å². The van der Waals surface area contributed by atoms with Crippen LogP contribution in [0.15, 0.2) is 18.3 Å². The summed E-state index contributed by atoms with van der Waals surface area (Å²) in [5, 5.41) is 3.34. The van der Waals surface area contributed by atoms with E-state index in [0.717, 1.165) is 19.3 Å². The van der Waals surface area contributed by atoms with Gasteiger partial charge in [-0.2, -0.15) is 0 Å². The van der Waals surface area contributed by atoms with Crippen LogP contribution in [0.5, 0.6) is 0 Å². The minimum Gasteiger partial charge on any atom is -0.462 e. The van der Waals surface area contributed by atoms with Crippen LogP contribution >= 0.6 is 0 Å². The molecular weight excluding hydrogens is 254 g/mol. The van der Waals surface area contributed by atoms with Crippen molar-refractivity contribution in [2.24, 2.45) is 5.73 Å². The zero-order chi connectivity index (χ0) is 14.4. The predicted molar refractivity (Wildman–Crippen MR) is 78.7 cm³/mol. The summed E-state index contributed by atoms with van der Waals surface area (Å²) in [6.07, 6.45) is 7.25. The Bertz CT molecular complexity index is 450. The molecule has 2 atom stereocenters. The minimum atomic E-state index is -0.342. The highest BCUT2D eigenvalue weighted by atomic mass is 16.5. The van der Waals surface area contributed by atoms with Crippen LogP contribution in [0.1, 0.15) is 49.4 Å². The van der Waals surface area contributed by atoms with Crippen molar-refractivity contribution in [1.82, 2.24) is 4.98 Å². The molecule has 2 rings (SSSR count). The number of carbonyl (C=O) groups is 1. The van der Waals surface area contributed by atoms with Gasteiger partial charge in [-0.1, -0.05) is 19.3 Å². The van der Waals surface area contributed by atoms with E-state index >= 15 is 0 Å². The second kappa shape index (κ2) is 7.24. The summed E-state index contributed by atoms with van der Waals surface area (Å²) in [6.45, 7) is 2.15. The molecule has 5 heteroatoms. The lowest BCUT2D eigenvalue weighted by molar-refractivity contribution is 0.0527. The number of anilines is 1. The first-order valence-corrected chi connectivity index (χ1v) is 7.36. The van der Waals surface area contributed by atoms with E-state index in [1.807, 2.05) is 0 Å². The van der Waals surface area contributed by atoms with Crippen LogP contribution in [0, 0.1) is 0 Å². The zero-order valence-electron chi connectivity index (χ0n) is 12.0. The van der Waals surface area contributed by atoms with Gasteiger partial charge in [0.15, 0.2) is 0 Å². The number of hydrogen-bond donors (Lipinski definition) is 2. The number of nitrogens with zero attached hydrogens (tertiary/aromatic N) is 1. The van der Waals surface area contributed by atoms with E-state index in [-0.39, 0.29) is 18.1 Å². The number of pyridine rings is 1. The van der Waals surface area contributed by atoms with Crippen LogP contribution in [-0.4, -0.2) is 29.6 Å². The molecule has 1 saturated carbocycles. The van der Waals surface area contributed by atoms with E-state index in [0.29, 0.717) is 18.0 Å². The standard InChI is InChI=1S/C15H23N3O2/c1-2-20-15(19)11-7-6-10-17-14(11)18-13-9-5-3-4-8-12(13)16/h6-7,10,12-13H,2-5,8-9,16H2,1H3,(H,17,18). The number of rotatable bonds is 4. The number of nitrogens with one attached hydrogen (secondary N) is 1. The van der Waals surface area contributed by atoms with Gasteiger partial charge < -0.3 is 15.8 Å². The van der Waals surface area contributed by atoms with E-state index < -0.39 is 0 Å². The van der Waals surface area contributed by atoms with E-state index in [4.69, 9.17) is 10.5 Å². The Labute approximate surface area is 119 Å². The molecule has 1 aliphatic rings. The summed E-state index contributed by atoms with van der Waals surface area (Å²) in [6, 6.07) is 3.75. The smallest absolute Gasteiger partial charge is 0.341 e. The van der Waals surface area contributed by atoms with Gasteiger partial charge in [0.1, 0.15) is 11.4 Å². The molecule has 0 saturated heterocycles. The first-order valence-electron chi connectivity index (χ1n) is 7.36. The van der Waals surface area contributed by atoms with Crippen molar-refractivity contribution in [3.63, 3.8) is 0 Å². The molecule has 0 aliphatic heterocycles. The van der Waals surface area contributed by atoms with Gasteiger partial charge in [0.25, 0.3) is 0 Å². The molecule has 1 aromatic rings. The van der Waals surface area contributed by atoms with Crippen molar-refractivity contribution < 1.29 is 9.53 Å². The second-order valence-corrected chi connectivity index (χ2v) is 5.17. The molecule has 3 N–H and O–H groups in total. The third-order valence-electron chi connectivity index (χ3n) is 3.69. The minimum absolute atomic E-state index is 0.106. The highest BCUT2D eigenvalue weighted by molar-refractivity contribution is 5.94. The average Bonchev–Trinajstić information content (AvgIpc) is 2.65. The van der Waals surface area contributed by atoms with Gasteiger partial charge in [-0.3, -0.25) is 0 Å². The Balaban J connectivity index is 2.13. The van der Waals surface area contributed by atoms with E-state index in [2.05, 4.69) is 10.3 Å². The van der Waals surface area contributed by atoms with Crippen molar-refractivity contribution in [2.75, 3.05) is 11.9 Å². The van der Waals surface area contributed by atoms with Crippen LogP contribution in [-0.2, 0) is 4.74 Å². The lowest BCUT2D eigenvalue weighted by atomic mass is 10.0. The van der Waals surface area contributed by atoms with Crippen LogP contribution in [0.2, 0.25) is 0 Å². The quantitative estimate of drug-likeness (QED) is 0.652. The van der Waals surface area contributed by atoms with E-state index in [1.54, 1.807) is 25.3 Å². The molecular formula is C15H23N3O2. The number of carbonyl (C=O) groups excluding carboxylic acids is 1. The first kappa shape index (κ1) is 14.8. The monoisotopic (exact) mass is 277 g/mol. The Morgan fingerprint density at radius 2 is 2.25 bits per heavy atom. The molecule has 5 nitrogen and oxygen atoms in total. The summed E-state index contributed by atoms with van der Waals surface area (Å²) in [5.74, 6) is 0.235. The van der Waals surface area contributed by atoms with Gasteiger partial charge in [-0.05, 0) is 31.9 Å². The Hall–Kier alpha value is -1.62. The van der Waals surface area contributed by atoms with Crippen LogP contribution in [0.4, 0.5) is 5.82 Å². The first-order chi connectivity index (χ1) is 9.72. The number of nitrogens with two attached hydrogens (primary N) is 1. The van der Waals surface area contributed by atoms with Gasteiger partial charge in [0.05, 0.1) is 6.61 Å². The fraction of sp³-hybridized carbons (Fsp3) is 0.600. The van der Waals surface area contributed by atoms with Crippen molar-refractivity contribution in [3.8, 4) is 0 Å². The molecule has 2 unspecified atom stereocenters. The number of ether oxygens (including phenoxy) is 1. The topological polar surface area (TPSA) is 77.2 Å². The molecule has 1 fully saturated rings. The van der Waals surface area contributed by atoms with E-state index in [1.165, 1.54) is 12.8 Å². The largest absolute Gasteiger partial charge is 0.462 e. The summed E-state index contributed by atoms with van der Waals surface area (Å²) in [5.41, 5.74) is 6.68. The van der Waals surface area contributed by atoms with Gasteiger partial charge in [0, 0.05) is 18.3 Å². The van der Waals surface area contributed by atoms with Crippen LogP contribution < -0.4 is 11.1 Å².